The van der Waals surface area contributed by atoms with Crippen molar-refractivity contribution >= 4 is 6.29 Å². The molecule has 0 saturated carbocycles. The lowest BCUT2D eigenvalue weighted by Crippen LogP contribution is -2.36. The second-order valence-electron chi connectivity index (χ2n) is 4.09. The first kappa shape index (κ1) is 11.7. The number of hydrogen-bond donors (Lipinski definition) is 1. The molecule has 3 heteroatoms. The van der Waals surface area contributed by atoms with Gasteiger partial charge in [0.15, 0.2) is 0 Å². The molecule has 0 aliphatic carbocycles. The van der Waals surface area contributed by atoms with Gasteiger partial charge in [-0.05, 0) is 32.2 Å². The number of aliphatic hydroxyl groups excluding tert-OH is 1. The molecule has 1 N–H and O–H groups in total. The van der Waals surface area contributed by atoms with E-state index in [9.17, 15) is 9.90 Å². The van der Waals surface area contributed by atoms with Crippen LogP contribution in [-0.4, -0.2) is 42.0 Å². The maximum absolute atomic E-state index is 10.1. The topological polar surface area (TPSA) is 40.5 Å². The van der Waals surface area contributed by atoms with E-state index in [1.807, 2.05) is 0 Å². The predicted octanol–water partition coefficient (Wildman–Crippen LogP) is 1.20. The smallest absolute Gasteiger partial charge is 0.119 e. The summed E-state index contributed by atoms with van der Waals surface area (Å²) in [5.74, 6) is 0. The van der Waals surface area contributed by atoms with E-state index in [4.69, 9.17) is 0 Å². The molecule has 0 bridgehead atoms. The minimum atomic E-state index is -0.0682. The third-order valence-corrected chi connectivity index (χ3v) is 2.85. The summed E-state index contributed by atoms with van der Waals surface area (Å²) in [5, 5.41) is 9.30. The van der Waals surface area contributed by atoms with Gasteiger partial charge in [0.05, 0.1) is 6.10 Å². The zero-order valence-corrected chi connectivity index (χ0v) is 8.82. The third-order valence-electron chi connectivity index (χ3n) is 2.85. The molecule has 1 aliphatic heterocycles. The maximum Gasteiger partial charge on any atom is 0.119 e. The first-order chi connectivity index (χ1) is 6.83. The lowest BCUT2D eigenvalue weighted by molar-refractivity contribution is -0.107. The summed E-state index contributed by atoms with van der Waals surface area (Å²) in [7, 11) is 0. The molecule has 0 aromatic rings. The molecule has 1 fully saturated rings. The van der Waals surface area contributed by atoms with Crippen LogP contribution in [-0.2, 0) is 4.79 Å². The Labute approximate surface area is 86.1 Å². The van der Waals surface area contributed by atoms with Crippen LogP contribution in [0.5, 0.6) is 0 Å². The van der Waals surface area contributed by atoms with Crippen molar-refractivity contribution in [3.8, 4) is 0 Å². The van der Waals surface area contributed by atoms with Gasteiger partial charge in [0.25, 0.3) is 0 Å². The van der Waals surface area contributed by atoms with E-state index in [0.29, 0.717) is 6.42 Å². The van der Waals surface area contributed by atoms with Gasteiger partial charge in [-0.25, -0.2) is 0 Å². The van der Waals surface area contributed by atoms with Crippen LogP contribution >= 0.6 is 0 Å². The molecule has 1 heterocycles. The number of hydrogen-bond acceptors (Lipinski definition) is 3. The van der Waals surface area contributed by atoms with Crippen LogP contribution in [0.1, 0.15) is 38.5 Å². The molecule has 1 saturated heterocycles. The molecule has 0 aromatic carbocycles. The highest BCUT2D eigenvalue weighted by Crippen LogP contribution is 2.11. The maximum atomic E-state index is 10.1. The van der Waals surface area contributed by atoms with Crippen molar-refractivity contribution < 1.29 is 9.90 Å². The largest absolute Gasteiger partial charge is 0.393 e. The molecule has 14 heavy (non-hydrogen) atoms. The van der Waals surface area contributed by atoms with Gasteiger partial charge in [0.1, 0.15) is 6.29 Å². The minimum absolute atomic E-state index is 0.0682. The van der Waals surface area contributed by atoms with Crippen LogP contribution in [0.4, 0.5) is 0 Å². The summed E-state index contributed by atoms with van der Waals surface area (Å²) in [5.41, 5.74) is 0. The second-order valence-corrected chi connectivity index (χ2v) is 4.09. The molecule has 0 radical (unpaired) electrons. The molecule has 0 amide bonds. The average molecular weight is 199 g/mol. The summed E-state index contributed by atoms with van der Waals surface area (Å²) in [6.07, 6.45) is 6.85. The number of rotatable bonds is 6. The van der Waals surface area contributed by atoms with Gasteiger partial charge in [-0.1, -0.05) is 6.42 Å². The van der Waals surface area contributed by atoms with Crippen LogP contribution in [0.2, 0.25) is 0 Å². The molecule has 0 unspecified atom stereocenters. The van der Waals surface area contributed by atoms with Crippen LogP contribution in [0, 0.1) is 0 Å². The Bertz CT molecular complexity index is 153. The van der Waals surface area contributed by atoms with Crippen molar-refractivity contribution in [2.75, 3.05) is 19.6 Å². The Morgan fingerprint density at radius 1 is 1.21 bits per heavy atom. The SMILES string of the molecule is O=CCCCCCN1CCC(O)CC1. The van der Waals surface area contributed by atoms with Crippen LogP contribution in [0.15, 0.2) is 0 Å². The fraction of sp³-hybridized carbons (Fsp3) is 0.909. The summed E-state index contributed by atoms with van der Waals surface area (Å²) >= 11 is 0. The summed E-state index contributed by atoms with van der Waals surface area (Å²) in [6.45, 7) is 3.20. The predicted molar refractivity (Wildman–Crippen MR) is 56.2 cm³/mol. The Balaban J connectivity index is 1.93. The average Bonchev–Trinajstić information content (AvgIpc) is 2.21. The number of carbonyl (C=O) groups is 1. The van der Waals surface area contributed by atoms with E-state index >= 15 is 0 Å². The van der Waals surface area contributed by atoms with Gasteiger partial charge in [-0.3, -0.25) is 0 Å². The van der Waals surface area contributed by atoms with Crippen molar-refractivity contribution in [2.45, 2.75) is 44.6 Å². The van der Waals surface area contributed by atoms with Crippen molar-refractivity contribution in [3.05, 3.63) is 0 Å². The lowest BCUT2D eigenvalue weighted by atomic mass is 10.1. The van der Waals surface area contributed by atoms with Gasteiger partial charge in [0.2, 0.25) is 0 Å². The zero-order chi connectivity index (χ0) is 10.2. The molecule has 0 aromatic heterocycles. The highest BCUT2D eigenvalue weighted by molar-refractivity contribution is 5.48. The minimum Gasteiger partial charge on any atom is -0.393 e. The Morgan fingerprint density at radius 2 is 1.93 bits per heavy atom. The van der Waals surface area contributed by atoms with E-state index < -0.39 is 0 Å². The van der Waals surface area contributed by atoms with Gasteiger partial charge in [0, 0.05) is 19.5 Å². The summed E-state index contributed by atoms with van der Waals surface area (Å²) in [6, 6.07) is 0. The van der Waals surface area contributed by atoms with E-state index in [-0.39, 0.29) is 6.10 Å². The van der Waals surface area contributed by atoms with Crippen molar-refractivity contribution in [3.63, 3.8) is 0 Å². The van der Waals surface area contributed by atoms with Gasteiger partial charge < -0.3 is 14.8 Å². The van der Waals surface area contributed by atoms with Crippen LogP contribution in [0.3, 0.4) is 0 Å². The lowest BCUT2D eigenvalue weighted by Gasteiger charge is -2.29. The molecular weight excluding hydrogens is 178 g/mol. The molecule has 0 spiro atoms. The normalized spacial score (nSPS) is 19.8. The molecule has 82 valence electrons. The van der Waals surface area contributed by atoms with Crippen molar-refractivity contribution in [1.29, 1.82) is 0 Å². The standard InChI is InChI=1S/C11H21NO2/c13-10-4-2-1-3-7-12-8-5-11(14)6-9-12/h10-11,14H,1-9H2. The first-order valence-electron chi connectivity index (χ1n) is 5.67. The van der Waals surface area contributed by atoms with E-state index in [2.05, 4.69) is 4.90 Å². The fourth-order valence-electron chi connectivity index (χ4n) is 1.88. The van der Waals surface area contributed by atoms with Crippen LogP contribution in [0.25, 0.3) is 0 Å². The van der Waals surface area contributed by atoms with Crippen molar-refractivity contribution in [1.82, 2.24) is 4.90 Å². The van der Waals surface area contributed by atoms with E-state index in [0.717, 1.165) is 51.6 Å². The summed E-state index contributed by atoms with van der Waals surface area (Å²) < 4.78 is 0. The number of nitrogens with zero attached hydrogens (tertiary/aromatic N) is 1. The highest BCUT2D eigenvalue weighted by atomic mass is 16.3. The van der Waals surface area contributed by atoms with Gasteiger partial charge >= 0.3 is 0 Å². The second kappa shape index (κ2) is 6.96. The van der Waals surface area contributed by atoms with Gasteiger partial charge in [-0.2, -0.15) is 0 Å². The monoisotopic (exact) mass is 199 g/mol. The Hall–Kier alpha value is -0.410. The molecule has 1 aliphatic rings. The van der Waals surface area contributed by atoms with Gasteiger partial charge in [-0.15, -0.1) is 0 Å². The van der Waals surface area contributed by atoms with Crippen LogP contribution < -0.4 is 0 Å². The first-order valence-corrected chi connectivity index (χ1v) is 5.67. The number of carbonyl (C=O) groups excluding carboxylic acids is 1. The quantitative estimate of drug-likeness (QED) is 0.516. The number of piperidine rings is 1. The number of likely N-dealkylation sites (tertiary alicyclic amines) is 1. The zero-order valence-electron chi connectivity index (χ0n) is 8.82. The number of unbranched alkanes of at least 4 members (excludes halogenated alkanes) is 3. The Kier molecular flexibility index (Phi) is 5.80. The number of aldehydes is 1. The van der Waals surface area contributed by atoms with E-state index in [1.54, 1.807) is 0 Å². The molecule has 0 atom stereocenters. The summed E-state index contributed by atoms with van der Waals surface area (Å²) in [4.78, 5) is 12.5. The highest BCUT2D eigenvalue weighted by Gasteiger charge is 2.15. The fourth-order valence-corrected chi connectivity index (χ4v) is 1.88. The Morgan fingerprint density at radius 3 is 2.57 bits per heavy atom. The van der Waals surface area contributed by atoms with E-state index in [1.165, 1.54) is 6.42 Å². The third kappa shape index (κ3) is 4.72. The molecule has 3 nitrogen and oxygen atoms in total. The molecular formula is C11H21NO2. The molecule has 1 rings (SSSR count). The van der Waals surface area contributed by atoms with Crippen molar-refractivity contribution in [2.24, 2.45) is 0 Å². The number of aliphatic hydroxyl groups is 1.